The molecule has 188 valence electrons. The number of carbonyl (C=O) groups excluding carboxylic acids is 1. The second-order valence-electron chi connectivity index (χ2n) is 9.50. The van der Waals surface area contributed by atoms with Gasteiger partial charge in [0.15, 0.2) is 11.5 Å². The van der Waals surface area contributed by atoms with Gasteiger partial charge in [-0.05, 0) is 42.7 Å². The van der Waals surface area contributed by atoms with Crippen molar-refractivity contribution in [1.82, 2.24) is 14.1 Å². The maximum atomic E-state index is 13.5. The van der Waals surface area contributed by atoms with Gasteiger partial charge in [0.25, 0.3) is 0 Å². The van der Waals surface area contributed by atoms with Crippen molar-refractivity contribution >= 4 is 15.9 Å². The van der Waals surface area contributed by atoms with Gasteiger partial charge >= 0.3 is 0 Å². The Balaban J connectivity index is 1.22. The summed E-state index contributed by atoms with van der Waals surface area (Å²) >= 11 is 0. The molecule has 2 aromatic rings. The topological polar surface area (TPSA) is 79.4 Å². The van der Waals surface area contributed by atoms with Crippen LogP contribution >= 0.6 is 0 Å². The van der Waals surface area contributed by atoms with Crippen molar-refractivity contribution in [3.8, 4) is 11.5 Å². The lowest BCUT2D eigenvalue weighted by molar-refractivity contribution is -0.133. The molecule has 0 unspecified atom stereocenters. The molecule has 2 aromatic carbocycles. The average molecular weight is 500 g/mol. The number of nitrogens with zero attached hydrogens (tertiary/aromatic N) is 3. The van der Waals surface area contributed by atoms with Gasteiger partial charge in [-0.3, -0.25) is 9.69 Å². The van der Waals surface area contributed by atoms with E-state index in [1.807, 2.05) is 23.1 Å². The molecule has 0 atom stereocenters. The zero-order chi connectivity index (χ0) is 24.3. The molecule has 0 bridgehead atoms. The van der Waals surface area contributed by atoms with Crippen molar-refractivity contribution in [3.05, 3.63) is 54.1 Å². The molecule has 5 rings (SSSR count). The summed E-state index contributed by atoms with van der Waals surface area (Å²) in [5.74, 6) is 1.44. The van der Waals surface area contributed by atoms with Gasteiger partial charge in [0, 0.05) is 38.8 Å². The molecule has 8 nitrogen and oxygen atoms in total. The first-order chi connectivity index (χ1) is 17.0. The summed E-state index contributed by atoms with van der Waals surface area (Å²) in [6, 6.07) is 14.4. The van der Waals surface area contributed by atoms with E-state index >= 15 is 0 Å². The summed E-state index contributed by atoms with van der Waals surface area (Å²) in [4.78, 5) is 17.7. The third-order valence-electron chi connectivity index (χ3n) is 7.19. The van der Waals surface area contributed by atoms with E-state index in [0.717, 1.165) is 68.8 Å². The quantitative estimate of drug-likeness (QED) is 0.583. The third kappa shape index (κ3) is 5.47. The number of piperazine rings is 1. The molecule has 0 radical (unpaired) electrons. The number of carbonyl (C=O) groups is 1. The summed E-state index contributed by atoms with van der Waals surface area (Å²) < 4.78 is 39.4. The van der Waals surface area contributed by atoms with Crippen LogP contribution < -0.4 is 9.47 Å². The molecule has 2 aliphatic heterocycles. The van der Waals surface area contributed by atoms with Gasteiger partial charge in [0.1, 0.15) is 0 Å². The van der Waals surface area contributed by atoms with E-state index in [0.29, 0.717) is 13.1 Å². The highest BCUT2D eigenvalue weighted by Gasteiger charge is 2.35. The predicted octanol–water partition coefficient (Wildman–Crippen LogP) is 3.08. The van der Waals surface area contributed by atoms with E-state index < -0.39 is 10.0 Å². The molecule has 9 heteroatoms. The number of hydrogen-bond donors (Lipinski definition) is 0. The highest BCUT2D eigenvalue weighted by atomic mass is 32.2. The van der Waals surface area contributed by atoms with Crippen molar-refractivity contribution in [2.45, 2.75) is 49.6 Å². The van der Waals surface area contributed by atoms with Crippen LogP contribution in [0.25, 0.3) is 0 Å². The molecule has 1 saturated carbocycles. The lowest BCUT2D eigenvalue weighted by Crippen LogP contribution is -2.53. The minimum Gasteiger partial charge on any atom is -0.454 e. The lowest BCUT2D eigenvalue weighted by atomic mass is 9.95. The van der Waals surface area contributed by atoms with Gasteiger partial charge in [-0.2, -0.15) is 4.31 Å². The van der Waals surface area contributed by atoms with Crippen molar-refractivity contribution < 1.29 is 22.7 Å². The Morgan fingerprint density at radius 1 is 0.914 bits per heavy atom. The summed E-state index contributed by atoms with van der Waals surface area (Å²) in [5.41, 5.74) is 1.14. The Morgan fingerprint density at radius 3 is 2.37 bits per heavy atom. The van der Waals surface area contributed by atoms with Crippen molar-refractivity contribution in [3.63, 3.8) is 0 Å². The first-order valence-corrected chi connectivity index (χ1v) is 13.9. The number of benzene rings is 2. The molecule has 1 saturated heterocycles. The van der Waals surface area contributed by atoms with E-state index in [9.17, 15) is 13.2 Å². The number of rotatable bonds is 7. The fraction of sp³-hybridized carbons (Fsp3) is 0.500. The van der Waals surface area contributed by atoms with Crippen LogP contribution in [0.5, 0.6) is 11.5 Å². The molecule has 3 aliphatic rings. The number of sulfonamides is 1. The van der Waals surface area contributed by atoms with Crippen LogP contribution in [0.1, 0.15) is 37.7 Å². The largest absolute Gasteiger partial charge is 0.454 e. The molecular weight excluding hydrogens is 466 g/mol. The first-order valence-electron chi connectivity index (χ1n) is 12.5. The first kappa shape index (κ1) is 24.1. The Labute approximate surface area is 207 Å². The zero-order valence-corrected chi connectivity index (χ0v) is 20.8. The fourth-order valence-electron chi connectivity index (χ4n) is 5.19. The maximum absolute atomic E-state index is 13.5. The monoisotopic (exact) mass is 499 g/mol. The van der Waals surface area contributed by atoms with E-state index in [-0.39, 0.29) is 30.2 Å². The Morgan fingerprint density at radius 2 is 1.63 bits per heavy atom. The Bertz CT molecular complexity index is 1130. The van der Waals surface area contributed by atoms with Crippen LogP contribution in [-0.2, 0) is 21.4 Å². The number of fused-ring (bicyclic) bond motifs is 1. The summed E-state index contributed by atoms with van der Waals surface area (Å²) in [6.07, 6.45) is 4.73. The van der Waals surface area contributed by atoms with Crippen molar-refractivity contribution in [2.75, 3.05) is 39.5 Å². The van der Waals surface area contributed by atoms with E-state index in [1.165, 1.54) is 4.31 Å². The van der Waals surface area contributed by atoms with Gasteiger partial charge in [0.2, 0.25) is 22.7 Å². The van der Waals surface area contributed by atoms with Crippen LogP contribution in [0, 0.1) is 0 Å². The third-order valence-corrected chi connectivity index (χ3v) is 9.10. The number of ether oxygens (including phenoxy) is 2. The molecule has 0 aromatic heterocycles. The highest BCUT2D eigenvalue weighted by molar-refractivity contribution is 7.89. The lowest BCUT2D eigenvalue weighted by Gasteiger charge is -2.37. The summed E-state index contributed by atoms with van der Waals surface area (Å²) in [6.45, 7) is 3.61. The van der Waals surface area contributed by atoms with Crippen molar-refractivity contribution in [2.24, 2.45) is 0 Å². The predicted molar refractivity (Wildman–Crippen MR) is 132 cm³/mol. The van der Waals surface area contributed by atoms with Gasteiger partial charge in [-0.25, -0.2) is 8.42 Å². The van der Waals surface area contributed by atoms with Crippen LogP contribution in [0.15, 0.2) is 53.4 Å². The van der Waals surface area contributed by atoms with Gasteiger partial charge in [-0.1, -0.05) is 43.5 Å². The minimum atomic E-state index is -3.74. The standard InChI is InChI=1S/C26H33N3O5S/c30-26(19-29(22-7-3-1-4-8-22)35(31,32)23-9-5-2-6-10-23)28-15-13-27(14-16-28)18-21-11-12-24-25(17-21)34-20-33-24/h2,5-6,9-12,17,22H,1,3-4,7-8,13-16,18-20H2. The van der Waals surface area contributed by atoms with E-state index in [1.54, 1.807) is 30.3 Å². The second-order valence-corrected chi connectivity index (χ2v) is 11.4. The zero-order valence-electron chi connectivity index (χ0n) is 20.0. The normalized spacial score (nSPS) is 19.3. The summed E-state index contributed by atoms with van der Waals surface area (Å²) in [5, 5.41) is 0. The smallest absolute Gasteiger partial charge is 0.243 e. The highest BCUT2D eigenvalue weighted by Crippen LogP contribution is 2.33. The maximum Gasteiger partial charge on any atom is 0.243 e. The van der Waals surface area contributed by atoms with Crippen LogP contribution in [-0.4, -0.2) is 74.0 Å². The molecule has 2 heterocycles. The van der Waals surface area contributed by atoms with Gasteiger partial charge in [0.05, 0.1) is 11.4 Å². The summed E-state index contributed by atoms with van der Waals surface area (Å²) in [7, 11) is -3.74. The molecule has 1 amide bonds. The molecule has 0 N–H and O–H groups in total. The Kier molecular flexibility index (Phi) is 7.27. The SMILES string of the molecule is O=C(CN(C1CCCCC1)S(=O)(=O)c1ccccc1)N1CCN(Cc2ccc3c(c2)OCO3)CC1. The average Bonchev–Trinajstić information content (AvgIpc) is 3.36. The molecule has 1 aliphatic carbocycles. The van der Waals surface area contributed by atoms with Crippen molar-refractivity contribution in [1.29, 1.82) is 0 Å². The molecule has 0 spiro atoms. The van der Waals surface area contributed by atoms with Gasteiger partial charge < -0.3 is 14.4 Å². The van der Waals surface area contributed by atoms with Crippen LogP contribution in [0.2, 0.25) is 0 Å². The van der Waals surface area contributed by atoms with E-state index in [2.05, 4.69) is 4.90 Å². The van der Waals surface area contributed by atoms with E-state index in [4.69, 9.17) is 9.47 Å². The number of hydrogen-bond acceptors (Lipinski definition) is 6. The number of amides is 1. The van der Waals surface area contributed by atoms with Crippen LogP contribution in [0.3, 0.4) is 0 Å². The minimum absolute atomic E-state index is 0.0932. The Hall–Kier alpha value is -2.62. The molecule has 2 fully saturated rings. The second kappa shape index (κ2) is 10.6. The van der Waals surface area contributed by atoms with Gasteiger partial charge in [-0.15, -0.1) is 0 Å². The molecule has 35 heavy (non-hydrogen) atoms. The van der Waals surface area contributed by atoms with Crippen LogP contribution in [0.4, 0.5) is 0 Å². The molecular formula is C26H33N3O5S. The fourth-order valence-corrected chi connectivity index (χ4v) is 6.85.